The molecule has 0 radical (unpaired) electrons. The van der Waals surface area contributed by atoms with Crippen LogP contribution < -0.4 is 9.47 Å². The molecule has 0 aliphatic carbocycles. The van der Waals surface area contributed by atoms with Crippen molar-refractivity contribution in [2.45, 2.75) is 10.9 Å². The fourth-order valence-electron chi connectivity index (χ4n) is 2.40. The molecule has 0 bridgehead atoms. The third-order valence-electron chi connectivity index (χ3n) is 3.65. The molecule has 24 heavy (non-hydrogen) atoms. The summed E-state index contributed by atoms with van der Waals surface area (Å²) < 4.78 is 13.8. The Morgan fingerprint density at radius 2 is 2.08 bits per heavy atom. The second kappa shape index (κ2) is 6.45. The van der Waals surface area contributed by atoms with Gasteiger partial charge in [-0.3, -0.25) is 4.98 Å². The van der Waals surface area contributed by atoms with Gasteiger partial charge in [-0.1, -0.05) is 27.7 Å². The maximum atomic E-state index is 5.44. The first kappa shape index (κ1) is 15.5. The van der Waals surface area contributed by atoms with E-state index in [0.717, 1.165) is 43.8 Å². The zero-order valence-electron chi connectivity index (χ0n) is 12.8. The maximum Gasteiger partial charge on any atom is 0.231 e. The average Bonchev–Trinajstić information content (AvgIpc) is 3.19. The van der Waals surface area contributed by atoms with Crippen molar-refractivity contribution in [3.63, 3.8) is 0 Å². The zero-order chi connectivity index (χ0) is 16.5. The predicted molar refractivity (Wildman–Crippen MR) is 94.1 cm³/mol. The van der Waals surface area contributed by atoms with E-state index < -0.39 is 0 Å². The molecular formula is C16H13BrN4O2S. The lowest BCUT2D eigenvalue weighted by molar-refractivity contribution is 0.174. The minimum atomic E-state index is 0.274. The lowest BCUT2D eigenvalue weighted by Crippen LogP contribution is -1.95. The van der Waals surface area contributed by atoms with Crippen molar-refractivity contribution in [1.82, 2.24) is 19.7 Å². The van der Waals surface area contributed by atoms with Gasteiger partial charge >= 0.3 is 0 Å². The molecule has 0 spiro atoms. The van der Waals surface area contributed by atoms with Gasteiger partial charge in [0.25, 0.3) is 0 Å². The van der Waals surface area contributed by atoms with Crippen LogP contribution in [-0.2, 0) is 12.8 Å². The number of pyridine rings is 1. The van der Waals surface area contributed by atoms with Crippen molar-refractivity contribution in [1.29, 1.82) is 0 Å². The first-order valence-electron chi connectivity index (χ1n) is 7.23. The van der Waals surface area contributed by atoms with Crippen molar-refractivity contribution < 1.29 is 9.47 Å². The van der Waals surface area contributed by atoms with E-state index >= 15 is 0 Å². The highest BCUT2D eigenvalue weighted by atomic mass is 79.9. The fraction of sp³-hybridized carbons (Fsp3) is 0.188. The van der Waals surface area contributed by atoms with E-state index in [0.29, 0.717) is 0 Å². The summed E-state index contributed by atoms with van der Waals surface area (Å²) >= 11 is 5.20. The Bertz CT molecular complexity index is 885. The number of hydrogen-bond acceptors (Lipinski definition) is 6. The molecule has 4 rings (SSSR count). The van der Waals surface area contributed by atoms with E-state index in [-0.39, 0.29) is 6.79 Å². The number of ether oxygens (including phenoxy) is 2. The molecule has 1 aromatic carbocycles. The molecule has 0 amide bonds. The Balaban J connectivity index is 1.54. The monoisotopic (exact) mass is 404 g/mol. The van der Waals surface area contributed by atoms with Crippen LogP contribution in [-0.4, -0.2) is 26.5 Å². The summed E-state index contributed by atoms with van der Waals surface area (Å²) in [6.45, 7) is 0.274. The quantitative estimate of drug-likeness (QED) is 0.618. The van der Waals surface area contributed by atoms with Gasteiger partial charge in [-0.05, 0) is 29.8 Å². The SMILES string of the molecule is Cn1c(SCc2cc3c(cc2Br)OCO3)nnc1-c1cccnc1. The molecule has 122 valence electrons. The standard InChI is InChI=1S/C16H13BrN4O2S/c1-21-15(10-3-2-4-18-7-10)19-20-16(21)24-8-11-5-13-14(6-12(11)17)23-9-22-13/h2-7H,8-9H2,1H3. The highest BCUT2D eigenvalue weighted by molar-refractivity contribution is 9.10. The van der Waals surface area contributed by atoms with E-state index in [1.807, 2.05) is 35.9 Å². The fourth-order valence-corrected chi connectivity index (χ4v) is 3.95. The van der Waals surface area contributed by atoms with Gasteiger partial charge in [-0.25, -0.2) is 0 Å². The number of rotatable bonds is 4. The molecule has 1 aliphatic heterocycles. The first-order valence-corrected chi connectivity index (χ1v) is 9.01. The first-order chi connectivity index (χ1) is 11.7. The van der Waals surface area contributed by atoms with Crippen LogP contribution in [0.1, 0.15) is 5.56 Å². The Morgan fingerprint density at radius 1 is 1.25 bits per heavy atom. The Hall–Kier alpha value is -2.06. The Labute approximate surface area is 151 Å². The summed E-state index contributed by atoms with van der Waals surface area (Å²) in [7, 11) is 1.96. The Kier molecular flexibility index (Phi) is 4.15. The average molecular weight is 405 g/mol. The molecule has 0 atom stereocenters. The van der Waals surface area contributed by atoms with E-state index in [9.17, 15) is 0 Å². The molecule has 0 saturated heterocycles. The van der Waals surface area contributed by atoms with Gasteiger partial charge in [0.1, 0.15) is 0 Å². The number of nitrogens with zero attached hydrogens (tertiary/aromatic N) is 4. The number of thioether (sulfide) groups is 1. The summed E-state index contributed by atoms with van der Waals surface area (Å²) in [6.07, 6.45) is 3.53. The molecule has 2 aromatic heterocycles. The van der Waals surface area contributed by atoms with Gasteiger partial charge in [-0.15, -0.1) is 10.2 Å². The molecular weight excluding hydrogens is 392 g/mol. The molecule has 0 unspecified atom stereocenters. The highest BCUT2D eigenvalue weighted by Gasteiger charge is 2.17. The number of benzene rings is 1. The van der Waals surface area contributed by atoms with Crippen LogP contribution >= 0.6 is 27.7 Å². The minimum absolute atomic E-state index is 0.274. The lowest BCUT2D eigenvalue weighted by atomic mass is 10.2. The molecule has 0 N–H and O–H groups in total. The van der Waals surface area contributed by atoms with Gasteiger partial charge in [0.15, 0.2) is 22.5 Å². The third-order valence-corrected chi connectivity index (χ3v) is 5.46. The third kappa shape index (κ3) is 2.87. The van der Waals surface area contributed by atoms with Gasteiger partial charge < -0.3 is 14.0 Å². The van der Waals surface area contributed by atoms with E-state index in [1.165, 1.54) is 0 Å². The molecule has 0 saturated carbocycles. The number of hydrogen-bond donors (Lipinski definition) is 0. The molecule has 6 nitrogen and oxygen atoms in total. The lowest BCUT2D eigenvalue weighted by Gasteiger charge is -2.07. The van der Waals surface area contributed by atoms with E-state index in [4.69, 9.17) is 9.47 Å². The summed E-state index contributed by atoms with van der Waals surface area (Å²) in [5, 5.41) is 9.41. The van der Waals surface area contributed by atoms with Crippen LogP contribution in [0.4, 0.5) is 0 Å². The zero-order valence-corrected chi connectivity index (χ0v) is 15.2. The molecule has 3 aromatic rings. The van der Waals surface area contributed by atoms with Crippen molar-refractivity contribution >= 4 is 27.7 Å². The van der Waals surface area contributed by atoms with Crippen molar-refractivity contribution in [2.24, 2.45) is 7.05 Å². The number of halogens is 1. The van der Waals surface area contributed by atoms with Crippen molar-refractivity contribution in [2.75, 3.05) is 6.79 Å². The minimum Gasteiger partial charge on any atom is -0.454 e. The van der Waals surface area contributed by atoms with E-state index in [1.54, 1.807) is 24.2 Å². The van der Waals surface area contributed by atoms with Gasteiger partial charge in [0.05, 0.1) is 0 Å². The van der Waals surface area contributed by atoms with E-state index in [2.05, 4.69) is 31.1 Å². The number of aromatic nitrogens is 4. The topological polar surface area (TPSA) is 62.1 Å². The Morgan fingerprint density at radius 3 is 2.88 bits per heavy atom. The normalized spacial score (nSPS) is 12.6. The maximum absolute atomic E-state index is 5.44. The van der Waals surface area contributed by atoms with Crippen LogP contribution in [0.3, 0.4) is 0 Å². The van der Waals surface area contributed by atoms with Crippen LogP contribution in [0.2, 0.25) is 0 Å². The van der Waals surface area contributed by atoms with Crippen LogP contribution in [0, 0.1) is 0 Å². The molecule has 1 aliphatic rings. The second-order valence-electron chi connectivity index (χ2n) is 5.19. The molecule has 3 heterocycles. The largest absolute Gasteiger partial charge is 0.454 e. The van der Waals surface area contributed by atoms with Crippen molar-refractivity contribution in [3.05, 3.63) is 46.7 Å². The van der Waals surface area contributed by atoms with Crippen LogP contribution in [0.5, 0.6) is 11.5 Å². The summed E-state index contributed by atoms with van der Waals surface area (Å²) in [5.41, 5.74) is 2.07. The summed E-state index contributed by atoms with van der Waals surface area (Å²) in [5.74, 6) is 3.10. The van der Waals surface area contributed by atoms with Crippen LogP contribution in [0.15, 0.2) is 46.3 Å². The molecule has 0 fully saturated rings. The van der Waals surface area contributed by atoms with Crippen molar-refractivity contribution in [3.8, 4) is 22.9 Å². The van der Waals surface area contributed by atoms with Crippen LogP contribution in [0.25, 0.3) is 11.4 Å². The second-order valence-corrected chi connectivity index (χ2v) is 6.99. The van der Waals surface area contributed by atoms with Gasteiger partial charge in [0.2, 0.25) is 6.79 Å². The molecule has 8 heteroatoms. The van der Waals surface area contributed by atoms with Gasteiger partial charge in [-0.2, -0.15) is 0 Å². The predicted octanol–water partition coefficient (Wildman–Crippen LogP) is 3.66. The number of fused-ring (bicyclic) bond motifs is 1. The highest BCUT2D eigenvalue weighted by Crippen LogP contribution is 2.38. The summed E-state index contributed by atoms with van der Waals surface area (Å²) in [4.78, 5) is 4.13. The smallest absolute Gasteiger partial charge is 0.231 e. The summed E-state index contributed by atoms with van der Waals surface area (Å²) in [6, 6.07) is 7.80. The van der Waals surface area contributed by atoms with Gasteiger partial charge in [0, 0.05) is 35.2 Å².